The Morgan fingerprint density at radius 3 is 3.06 bits per heavy atom. The zero-order valence-electron chi connectivity index (χ0n) is 10.5. The number of nitrogens with one attached hydrogen (secondary N) is 1. The smallest absolute Gasteiger partial charge is 0.218 e. The van der Waals surface area contributed by atoms with Crippen molar-refractivity contribution < 1.29 is 4.74 Å². The number of likely N-dealkylation sites (N-methyl/N-ethyl adjacent to an activating group) is 1. The summed E-state index contributed by atoms with van der Waals surface area (Å²) in [6.07, 6.45) is 5.39. The van der Waals surface area contributed by atoms with Gasteiger partial charge in [0, 0.05) is 25.7 Å². The van der Waals surface area contributed by atoms with Crippen LogP contribution in [-0.4, -0.2) is 43.3 Å². The highest BCUT2D eigenvalue weighted by molar-refractivity contribution is 5.39. The minimum absolute atomic E-state index is 0.565. The number of rotatable bonds is 4. The van der Waals surface area contributed by atoms with E-state index in [-0.39, 0.29) is 0 Å². The zero-order valence-corrected chi connectivity index (χ0v) is 10.5. The number of hydrogen-bond acceptors (Lipinski definition) is 5. The molecule has 0 spiro atoms. The number of nitrogens with zero attached hydrogens (tertiary/aromatic N) is 3. The Kier molecular flexibility index (Phi) is 4.14. The lowest BCUT2D eigenvalue weighted by atomic mass is 10.0. The topological polar surface area (TPSA) is 50.3 Å². The van der Waals surface area contributed by atoms with Crippen LogP contribution in [0.2, 0.25) is 0 Å². The Labute approximate surface area is 102 Å². The molecule has 2 heterocycles. The highest BCUT2D eigenvalue weighted by Crippen LogP contribution is 2.16. The highest BCUT2D eigenvalue weighted by atomic mass is 16.5. The van der Waals surface area contributed by atoms with Crippen LogP contribution in [0.25, 0.3) is 0 Å². The first-order valence-electron chi connectivity index (χ1n) is 6.10. The van der Waals surface area contributed by atoms with E-state index in [2.05, 4.69) is 27.2 Å². The predicted octanol–water partition coefficient (Wildman–Crippen LogP) is 1.06. The fourth-order valence-electron chi connectivity index (χ4n) is 2.15. The summed E-state index contributed by atoms with van der Waals surface area (Å²) in [6.45, 7) is 2.10. The Bertz CT molecular complexity index is 352. The maximum absolute atomic E-state index is 5.10. The van der Waals surface area contributed by atoms with E-state index in [1.54, 1.807) is 13.4 Å². The molecule has 5 nitrogen and oxygen atoms in total. The standard InChI is InChI=1S/C12H20N4O/c1-16(8-10-5-3-4-6-13-10)11-7-12(17-2)15-9-14-11/h7,9-10,13H,3-6,8H2,1-2H3. The molecule has 0 radical (unpaired) electrons. The number of aromatic nitrogens is 2. The number of methoxy groups -OCH3 is 1. The summed E-state index contributed by atoms with van der Waals surface area (Å²) in [6, 6.07) is 2.43. The second kappa shape index (κ2) is 5.82. The fraction of sp³-hybridized carbons (Fsp3) is 0.667. The monoisotopic (exact) mass is 236 g/mol. The Morgan fingerprint density at radius 2 is 2.35 bits per heavy atom. The van der Waals surface area contributed by atoms with Crippen molar-refractivity contribution in [1.82, 2.24) is 15.3 Å². The largest absolute Gasteiger partial charge is 0.481 e. The summed E-state index contributed by atoms with van der Waals surface area (Å²) in [4.78, 5) is 10.4. The second-order valence-electron chi connectivity index (χ2n) is 4.45. The number of ether oxygens (including phenoxy) is 1. The minimum Gasteiger partial charge on any atom is -0.481 e. The van der Waals surface area contributed by atoms with Crippen LogP contribution >= 0.6 is 0 Å². The molecule has 0 aromatic carbocycles. The molecule has 5 heteroatoms. The predicted molar refractivity (Wildman–Crippen MR) is 67.5 cm³/mol. The lowest BCUT2D eigenvalue weighted by Crippen LogP contribution is -2.42. The van der Waals surface area contributed by atoms with Gasteiger partial charge in [-0.05, 0) is 19.4 Å². The van der Waals surface area contributed by atoms with Gasteiger partial charge in [-0.2, -0.15) is 0 Å². The minimum atomic E-state index is 0.565. The lowest BCUT2D eigenvalue weighted by molar-refractivity contribution is 0.394. The zero-order chi connectivity index (χ0) is 12.1. The van der Waals surface area contributed by atoms with Gasteiger partial charge < -0.3 is 15.0 Å². The third kappa shape index (κ3) is 3.30. The average molecular weight is 236 g/mol. The highest BCUT2D eigenvalue weighted by Gasteiger charge is 2.15. The molecule has 2 rings (SSSR count). The molecule has 0 amide bonds. The summed E-state index contributed by atoms with van der Waals surface area (Å²) >= 11 is 0. The van der Waals surface area contributed by atoms with Gasteiger partial charge in [0.25, 0.3) is 0 Å². The molecule has 17 heavy (non-hydrogen) atoms. The normalized spacial score (nSPS) is 20.0. The SMILES string of the molecule is COc1cc(N(C)CC2CCCCN2)ncn1. The van der Waals surface area contributed by atoms with Crippen LogP contribution in [-0.2, 0) is 0 Å². The Hall–Kier alpha value is -1.36. The first-order chi connectivity index (χ1) is 8.29. The van der Waals surface area contributed by atoms with Gasteiger partial charge in [-0.25, -0.2) is 9.97 Å². The third-order valence-corrected chi connectivity index (χ3v) is 3.13. The van der Waals surface area contributed by atoms with E-state index < -0.39 is 0 Å². The van der Waals surface area contributed by atoms with Crippen molar-refractivity contribution in [1.29, 1.82) is 0 Å². The van der Waals surface area contributed by atoms with Gasteiger partial charge in [-0.15, -0.1) is 0 Å². The van der Waals surface area contributed by atoms with Crippen molar-refractivity contribution in [3.05, 3.63) is 12.4 Å². The van der Waals surface area contributed by atoms with Crippen LogP contribution in [0, 0.1) is 0 Å². The van der Waals surface area contributed by atoms with Crippen molar-refractivity contribution in [3.8, 4) is 5.88 Å². The molecule has 1 aromatic heterocycles. The molecule has 0 aliphatic carbocycles. The molecule has 0 bridgehead atoms. The van der Waals surface area contributed by atoms with Crippen LogP contribution in [0.5, 0.6) is 5.88 Å². The molecule has 1 saturated heterocycles. The summed E-state index contributed by atoms with van der Waals surface area (Å²) < 4.78 is 5.10. The summed E-state index contributed by atoms with van der Waals surface area (Å²) in [5, 5.41) is 3.53. The summed E-state index contributed by atoms with van der Waals surface area (Å²) in [5.74, 6) is 1.52. The lowest BCUT2D eigenvalue weighted by Gasteiger charge is -2.28. The molecule has 1 aromatic rings. The second-order valence-corrected chi connectivity index (χ2v) is 4.45. The van der Waals surface area contributed by atoms with Gasteiger partial charge in [0.2, 0.25) is 5.88 Å². The van der Waals surface area contributed by atoms with Crippen LogP contribution < -0.4 is 15.0 Å². The van der Waals surface area contributed by atoms with E-state index in [1.165, 1.54) is 19.3 Å². The molecule has 1 aliphatic heterocycles. The molecular formula is C12H20N4O. The van der Waals surface area contributed by atoms with Crippen molar-refractivity contribution >= 4 is 5.82 Å². The quantitative estimate of drug-likeness (QED) is 0.847. The van der Waals surface area contributed by atoms with Crippen molar-refractivity contribution in [3.63, 3.8) is 0 Å². The van der Waals surface area contributed by atoms with E-state index in [4.69, 9.17) is 4.74 Å². The van der Waals surface area contributed by atoms with E-state index in [0.29, 0.717) is 11.9 Å². The maximum atomic E-state index is 5.10. The summed E-state index contributed by atoms with van der Waals surface area (Å²) in [7, 11) is 3.67. The van der Waals surface area contributed by atoms with E-state index in [1.807, 2.05) is 6.07 Å². The Morgan fingerprint density at radius 1 is 1.47 bits per heavy atom. The molecule has 1 fully saturated rings. The number of piperidine rings is 1. The molecular weight excluding hydrogens is 216 g/mol. The van der Waals surface area contributed by atoms with Crippen LogP contribution in [0.3, 0.4) is 0 Å². The molecule has 94 valence electrons. The van der Waals surface area contributed by atoms with Crippen LogP contribution in [0.1, 0.15) is 19.3 Å². The molecule has 1 atom stereocenters. The van der Waals surface area contributed by atoms with E-state index in [9.17, 15) is 0 Å². The van der Waals surface area contributed by atoms with Crippen molar-refractivity contribution in [2.24, 2.45) is 0 Å². The fourth-order valence-corrected chi connectivity index (χ4v) is 2.15. The molecule has 1 unspecified atom stereocenters. The van der Waals surface area contributed by atoms with Gasteiger partial charge in [-0.3, -0.25) is 0 Å². The molecule has 1 aliphatic rings. The van der Waals surface area contributed by atoms with Crippen LogP contribution in [0.4, 0.5) is 5.82 Å². The molecule has 0 saturated carbocycles. The summed E-state index contributed by atoms with van der Waals surface area (Å²) in [5.41, 5.74) is 0. The number of hydrogen-bond donors (Lipinski definition) is 1. The Balaban J connectivity index is 1.95. The first-order valence-corrected chi connectivity index (χ1v) is 6.10. The van der Waals surface area contributed by atoms with Gasteiger partial charge in [0.15, 0.2) is 0 Å². The van der Waals surface area contributed by atoms with Gasteiger partial charge in [0.05, 0.1) is 7.11 Å². The van der Waals surface area contributed by atoms with E-state index >= 15 is 0 Å². The van der Waals surface area contributed by atoms with Gasteiger partial charge in [-0.1, -0.05) is 6.42 Å². The maximum Gasteiger partial charge on any atom is 0.218 e. The van der Waals surface area contributed by atoms with Gasteiger partial charge in [0.1, 0.15) is 12.1 Å². The average Bonchev–Trinajstić information content (AvgIpc) is 2.40. The number of anilines is 1. The van der Waals surface area contributed by atoms with Gasteiger partial charge >= 0.3 is 0 Å². The molecule has 1 N–H and O–H groups in total. The van der Waals surface area contributed by atoms with E-state index in [0.717, 1.165) is 18.9 Å². The third-order valence-electron chi connectivity index (χ3n) is 3.13. The van der Waals surface area contributed by atoms with Crippen molar-refractivity contribution in [2.45, 2.75) is 25.3 Å². The first kappa shape index (κ1) is 12.1. The van der Waals surface area contributed by atoms with Crippen LogP contribution in [0.15, 0.2) is 12.4 Å². The van der Waals surface area contributed by atoms with Crippen molar-refractivity contribution in [2.75, 3.05) is 32.1 Å².